The second kappa shape index (κ2) is 49.7. The van der Waals surface area contributed by atoms with Crippen LogP contribution >= 0.6 is 11.8 Å². The lowest BCUT2D eigenvalue weighted by Crippen LogP contribution is -2.62. The number of primary amides is 2. The molecule has 137 heavy (non-hydrogen) atoms. The van der Waals surface area contributed by atoms with Crippen LogP contribution in [-0.4, -0.2) is 312 Å². The summed E-state index contributed by atoms with van der Waals surface area (Å²) in [6.45, 7) is 6.18. The maximum atomic E-state index is 15.8. The molecule has 742 valence electrons. The largest absolute Gasteiger partial charge is 0.497 e. The van der Waals surface area contributed by atoms with Crippen LogP contribution in [0.5, 0.6) is 5.75 Å². The van der Waals surface area contributed by atoms with E-state index in [-0.39, 0.29) is 107 Å². The lowest BCUT2D eigenvalue weighted by molar-refractivity contribution is -0.149. The Kier molecular flexibility index (Phi) is 38.2. The minimum Gasteiger partial charge on any atom is -0.497 e. The molecule has 2 bridgehead atoms. The Balaban J connectivity index is 1.03. The van der Waals surface area contributed by atoms with Crippen LogP contribution < -0.4 is 85.3 Å². The third-order valence-electron chi connectivity index (χ3n) is 24.9. The van der Waals surface area contributed by atoms with Gasteiger partial charge in [0.15, 0.2) is 5.96 Å². The van der Waals surface area contributed by atoms with Crippen molar-refractivity contribution in [2.24, 2.45) is 23.1 Å². The molecule has 3 aromatic carbocycles. The lowest BCUT2D eigenvalue weighted by atomic mass is 9.95. The van der Waals surface area contributed by atoms with Crippen LogP contribution in [-0.2, 0) is 107 Å². The molecule has 0 aliphatic carbocycles. The number of amides is 17. The number of nitrogens with zero attached hydrogens (tertiary/aromatic N) is 6. The van der Waals surface area contributed by atoms with Crippen molar-refractivity contribution >= 4 is 146 Å². The van der Waals surface area contributed by atoms with Gasteiger partial charge in [-0.15, -0.1) is 11.8 Å². The number of guanidine groups is 1. The highest BCUT2D eigenvalue weighted by Gasteiger charge is 2.48. The van der Waals surface area contributed by atoms with Crippen molar-refractivity contribution in [2.75, 3.05) is 70.4 Å². The summed E-state index contributed by atoms with van der Waals surface area (Å²) < 4.78 is 5.54. The Morgan fingerprint density at radius 3 is 1.79 bits per heavy atom. The molecule has 3 fully saturated rings. The molecule has 4 aliphatic rings. The fraction of sp³-hybridized carbons (Fsp3) is 0.533. The number of H-pyrrole nitrogens is 3. The van der Waals surface area contributed by atoms with E-state index in [9.17, 15) is 34.2 Å². The number of hydrogen-bond donors (Lipinski definition) is 20. The van der Waals surface area contributed by atoms with E-state index in [1.54, 1.807) is 86.9 Å². The Morgan fingerprint density at radius 1 is 0.599 bits per heavy atom. The minimum atomic E-state index is -1.89. The van der Waals surface area contributed by atoms with Crippen molar-refractivity contribution in [1.29, 1.82) is 5.41 Å². The van der Waals surface area contributed by atoms with Crippen molar-refractivity contribution < 1.29 is 96.5 Å². The van der Waals surface area contributed by atoms with Crippen LogP contribution in [0.1, 0.15) is 147 Å². The summed E-state index contributed by atoms with van der Waals surface area (Å²) >= 11 is 0.794. The number of carbonyl (C=O) groups excluding carboxylic acids is 17. The first-order chi connectivity index (χ1) is 65.4. The van der Waals surface area contributed by atoms with Gasteiger partial charge in [-0.2, -0.15) is 0 Å². The van der Waals surface area contributed by atoms with Gasteiger partial charge in [0, 0.05) is 130 Å². The van der Waals surface area contributed by atoms with Gasteiger partial charge in [-0.25, -0.2) is 4.98 Å². The van der Waals surface area contributed by atoms with Crippen LogP contribution in [0, 0.1) is 11.3 Å². The van der Waals surface area contributed by atoms with Crippen molar-refractivity contribution in [3.8, 4) is 5.75 Å². The fourth-order valence-electron chi connectivity index (χ4n) is 17.5. The van der Waals surface area contributed by atoms with Gasteiger partial charge >= 0.3 is 0 Å². The molecule has 4 aliphatic heterocycles. The van der Waals surface area contributed by atoms with Crippen LogP contribution in [0.4, 0.5) is 5.69 Å². The molecule has 17 amide bonds. The van der Waals surface area contributed by atoms with E-state index in [1.165, 1.54) is 51.6 Å². The number of nitrogens with two attached hydrogens (primary N) is 3. The summed E-state index contributed by atoms with van der Waals surface area (Å²) in [4.78, 5) is 271. The topological polar surface area (TPSA) is 651 Å². The number of methoxy groups -OCH3 is 1. The van der Waals surface area contributed by atoms with E-state index >= 15 is 57.5 Å². The van der Waals surface area contributed by atoms with Gasteiger partial charge in [0.05, 0.1) is 44.1 Å². The molecule has 1 unspecified atom stereocenters. The van der Waals surface area contributed by atoms with E-state index < -0.39 is 241 Å². The molecular weight excluding hydrogens is 1790 g/mol. The number of carbonyl (C=O) groups is 17. The van der Waals surface area contributed by atoms with E-state index in [0.29, 0.717) is 69.9 Å². The normalized spacial score (nSPS) is 24.8. The summed E-state index contributed by atoms with van der Waals surface area (Å²) in [5.74, 6) is -16.9. The van der Waals surface area contributed by atoms with E-state index in [1.807, 2.05) is 13.8 Å². The Hall–Kier alpha value is -13.7. The number of imidazole rings is 1. The maximum Gasteiger partial charge on any atom is 0.250 e. The Morgan fingerprint density at radius 2 is 1.18 bits per heavy atom. The van der Waals surface area contributed by atoms with Gasteiger partial charge in [0.25, 0.3) is 5.91 Å². The smallest absolute Gasteiger partial charge is 0.250 e. The number of aromatic amines is 3. The van der Waals surface area contributed by atoms with E-state index in [4.69, 9.17) is 27.3 Å². The summed E-state index contributed by atoms with van der Waals surface area (Å²) in [5.41, 5.74) is 20.0. The number of aliphatic hydroxyl groups is 2. The van der Waals surface area contributed by atoms with Crippen molar-refractivity contribution in [1.82, 2.24) is 98.0 Å². The molecule has 45 heteroatoms. The number of likely N-dealkylation sites (N-methyl/N-ethyl adjacent to an activating group) is 2. The molecule has 23 N–H and O–H groups in total. The molecule has 15 atom stereocenters. The number of unbranched alkanes of at least 4 members (excludes halogenated alkanes) is 2. The number of anilines is 1. The molecule has 3 saturated heterocycles. The molecular formula is C92H128N24O20S. The lowest BCUT2D eigenvalue weighted by Gasteiger charge is -2.38. The Bertz CT molecular complexity index is 5360. The molecule has 0 spiro atoms. The molecule has 0 radical (unpaired) electrons. The zero-order valence-corrected chi connectivity index (χ0v) is 79.0. The van der Waals surface area contributed by atoms with E-state index in [0.717, 1.165) is 31.4 Å². The third-order valence-corrected chi connectivity index (χ3v) is 25.9. The number of para-hydroxylation sites is 2. The predicted octanol–water partition coefficient (Wildman–Crippen LogP) is -2.35. The number of nitrogens with one attached hydrogen (secondary N) is 15. The highest BCUT2D eigenvalue weighted by Crippen LogP contribution is 2.35. The summed E-state index contributed by atoms with van der Waals surface area (Å²) in [5, 5.41) is 61.3. The average molecular weight is 1920 g/mol. The first-order valence-electron chi connectivity index (χ1n) is 46.2. The number of fused-ring (bicyclic) bond motifs is 8. The van der Waals surface area contributed by atoms with Gasteiger partial charge in [0.2, 0.25) is 94.5 Å². The van der Waals surface area contributed by atoms with Gasteiger partial charge in [0.1, 0.15) is 90.3 Å². The van der Waals surface area contributed by atoms with Crippen LogP contribution in [0.15, 0.2) is 91.6 Å². The number of ether oxygens (including phenoxy) is 1. The zero-order chi connectivity index (χ0) is 99.6. The number of benzene rings is 3. The van der Waals surface area contributed by atoms with Crippen LogP contribution in [0.25, 0.3) is 21.8 Å². The summed E-state index contributed by atoms with van der Waals surface area (Å²) in [6.07, 6.45) is 3.90. The second-order valence-electron chi connectivity index (χ2n) is 35.4. The highest BCUT2D eigenvalue weighted by molar-refractivity contribution is 8.00. The average Bonchev–Trinajstić information content (AvgIpc) is 1.54. The first-order valence-corrected chi connectivity index (χ1v) is 47.3. The first kappa shape index (κ1) is 105. The van der Waals surface area contributed by atoms with Gasteiger partial charge < -0.3 is 125 Å². The minimum absolute atomic E-state index is 0.00532. The highest BCUT2D eigenvalue weighted by atomic mass is 32.2. The molecule has 0 saturated carbocycles. The SMILES string of the molecule is CCCC[C@H]1C(=O)N(C)[C@@H](CCCC)C(=O)N[C@@H](CCCNC(=N)N)C(=O)N[C@H](C(=O)NCC(N)=O)CSCC(=O)N[C@H]2Cc3ccc(OC)cc3N(C2=O)[C@@H](C)C(=O)N[C@@H](CCC(N)=O)C(=O)N2CCC[C@H]2C(=O)N[C@@H](Cc2cnc[nH]2)C(=O)N[C@@H](CC(C)C)C(=O)N2C[C@H](O)CC2C(=O)N[C@@H](Cc2c[nH]c3ccccc23)C(=O)N[C@@H](CO)C(=O)N[C@@H](Cc2c[nH]c3ccccc23)C(=O)N1C. The Labute approximate surface area is 795 Å². The molecule has 10 rings (SSSR count). The van der Waals surface area contributed by atoms with Gasteiger partial charge in [-0.1, -0.05) is 95.8 Å². The van der Waals surface area contributed by atoms with Gasteiger partial charge in [-0.3, -0.25) is 91.8 Å². The predicted molar refractivity (Wildman–Crippen MR) is 504 cm³/mol. The molecule has 7 heterocycles. The van der Waals surface area contributed by atoms with E-state index in [2.05, 4.69) is 78.4 Å². The number of thioether (sulfide) groups is 1. The number of hydrogen-bond acceptors (Lipinski definition) is 23. The van der Waals surface area contributed by atoms with Crippen molar-refractivity contribution in [3.05, 3.63) is 114 Å². The molecule has 44 nitrogen and oxygen atoms in total. The maximum absolute atomic E-state index is 15.8. The number of aromatic nitrogens is 4. The third kappa shape index (κ3) is 28.0. The summed E-state index contributed by atoms with van der Waals surface area (Å²) in [7, 11) is 4.07. The standard InChI is InChI=1S/C92H128N24O20S/c1-9-11-24-70-84(128)104-61(23-17-31-98-92(95)96)80(124)111-69(79(123)101-43-76(94)120)46-137-47-77(121)103-67-34-51-27-28-56(136-8)39-73(51)116(90(67)134)50(5)78(122)105-62(29-30-75(93)119)88(132)114-32-18-26-71(114)85(129)107-64(37-54-42-97-48-102-54)82(126)108-65(33-49(3)4)89(133)115-44-55(118)38-74(115)86(130)106-63(35-52-40-99-59-21-15-13-19-57(52)59)81(125)110-68(45-117)83(127)109-66(36-53-41-100-60-22-16-14-20-58(53)60)87(131)113(7)72(25-12-10-2)91(135)112(70)6/h13-16,19-22,27-28,39-42,48-50,55,61-72,74,99-100,117-118H,9-12,17-18,23-26,29-38,43-47H2,1-8H3,(H2,93,119)(H2,94,120)(H,97,102)(H,101,123)(H,103,121)(H,104,128)(H,105,122)(H,106,130)(H,107,129)(H,108,126)(H,109,127)(H,110,125)(H,111,124)(H4,95,96,98)/t50-,55+,61-,62-,63-,64-,65-,66-,67-,68-,69-,70-,71-,72-,74?/m0/s1. The number of aliphatic hydroxyl groups excluding tert-OH is 2. The molecule has 3 aromatic heterocycles. The number of rotatable bonds is 26. The summed E-state index contributed by atoms with van der Waals surface area (Å²) in [6, 6.07) is -2.73. The van der Waals surface area contributed by atoms with Crippen molar-refractivity contribution in [2.45, 2.75) is 241 Å². The monoisotopic (exact) mass is 1920 g/mol. The van der Waals surface area contributed by atoms with Crippen molar-refractivity contribution in [3.63, 3.8) is 0 Å². The fourth-order valence-corrected chi connectivity index (χ4v) is 18.4. The van der Waals surface area contributed by atoms with Crippen LogP contribution in [0.3, 0.4) is 0 Å². The zero-order valence-electron chi connectivity index (χ0n) is 78.1. The van der Waals surface area contributed by atoms with Gasteiger partial charge in [-0.05, 0) is 99.1 Å². The second-order valence-corrected chi connectivity index (χ2v) is 36.4. The van der Waals surface area contributed by atoms with Crippen LogP contribution in [0.2, 0.25) is 0 Å². The molecule has 6 aromatic rings. The quantitative estimate of drug-likeness (QED) is 0.0154.